The van der Waals surface area contributed by atoms with Crippen molar-refractivity contribution in [3.8, 4) is 0 Å². The van der Waals surface area contributed by atoms with Crippen molar-refractivity contribution in [2.24, 2.45) is 7.05 Å². The third-order valence-corrected chi connectivity index (χ3v) is 5.86. The molecule has 2 aromatic rings. The molecule has 2 heterocycles. The molecular formula is C14H14F3N5O2S. The van der Waals surface area contributed by atoms with E-state index < -0.39 is 34.1 Å². The molecule has 25 heavy (non-hydrogen) atoms. The first-order valence-electron chi connectivity index (χ1n) is 7.37. The van der Waals surface area contributed by atoms with Crippen LogP contribution in [0.25, 0.3) is 0 Å². The van der Waals surface area contributed by atoms with Gasteiger partial charge in [-0.1, -0.05) is 5.10 Å². The minimum atomic E-state index is -4.64. The van der Waals surface area contributed by atoms with E-state index in [1.54, 1.807) is 6.92 Å². The van der Waals surface area contributed by atoms with Crippen LogP contribution in [0.1, 0.15) is 34.8 Å². The number of fused-ring (bicyclic) bond motifs is 1. The van der Waals surface area contributed by atoms with Gasteiger partial charge >= 0.3 is 6.18 Å². The Morgan fingerprint density at radius 3 is 2.76 bits per heavy atom. The molecule has 0 aliphatic carbocycles. The number of anilines is 1. The molecule has 0 saturated carbocycles. The molecule has 1 N–H and O–H groups in total. The van der Waals surface area contributed by atoms with Crippen molar-refractivity contribution in [1.82, 2.24) is 20.2 Å². The summed E-state index contributed by atoms with van der Waals surface area (Å²) >= 11 is -1.83. The summed E-state index contributed by atoms with van der Waals surface area (Å²) in [5, 5.41) is 12.6. The predicted molar refractivity (Wildman–Crippen MR) is 82.4 cm³/mol. The Bertz CT molecular complexity index is 823. The summed E-state index contributed by atoms with van der Waals surface area (Å²) in [6.45, 7) is 1.64. The van der Waals surface area contributed by atoms with Crippen LogP contribution < -0.4 is 5.32 Å². The molecule has 134 valence electrons. The zero-order valence-electron chi connectivity index (χ0n) is 13.3. The molecule has 3 rings (SSSR count). The van der Waals surface area contributed by atoms with Gasteiger partial charge in [0.05, 0.1) is 0 Å². The fourth-order valence-corrected chi connectivity index (χ4v) is 4.29. The molecule has 11 heteroatoms. The van der Waals surface area contributed by atoms with Crippen LogP contribution in [0.5, 0.6) is 0 Å². The first-order valence-corrected chi connectivity index (χ1v) is 8.58. The zero-order chi connectivity index (χ0) is 18.4. The minimum absolute atomic E-state index is 0.0475. The van der Waals surface area contributed by atoms with Crippen LogP contribution in [0, 0.1) is 0 Å². The van der Waals surface area contributed by atoms with Gasteiger partial charge < -0.3 is 4.55 Å². The Balaban J connectivity index is 2.07. The topological polar surface area (TPSA) is 95.8 Å². The number of alkyl halides is 3. The average Bonchev–Trinajstić information content (AvgIpc) is 2.94. The second kappa shape index (κ2) is 6.30. The van der Waals surface area contributed by atoms with Gasteiger partial charge in [-0.25, -0.2) is 4.68 Å². The molecular weight excluding hydrogens is 359 g/mol. The van der Waals surface area contributed by atoms with Crippen molar-refractivity contribution in [3.05, 3.63) is 28.8 Å². The van der Waals surface area contributed by atoms with Crippen molar-refractivity contribution >= 4 is 23.0 Å². The first kappa shape index (κ1) is 17.7. The normalized spacial score (nSPS) is 20.2. The number of aryl methyl sites for hydroxylation is 1. The Morgan fingerprint density at radius 2 is 2.16 bits per heavy atom. The van der Waals surface area contributed by atoms with E-state index >= 15 is 0 Å². The lowest BCUT2D eigenvalue weighted by Gasteiger charge is -2.28. The number of hydrogen-bond acceptors (Lipinski definition) is 5. The van der Waals surface area contributed by atoms with Crippen molar-refractivity contribution in [2.45, 2.75) is 36.1 Å². The highest BCUT2D eigenvalue weighted by Crippen LogP contribution is 2.41. The second-order valence-electron chi connectivity index (χ2n) is 5.69. The predicted octanol–water partition coefficient (Wildman–Crippen LogP) is 1.92. The molecule has 0 spiro atoms. The van der Waals surface area contributed by atoms with E-state index in [4.69, 9.17) is 0 Å². The smallest absolute Gasteiger partial charge is 0.421 e. The van der Waals surface area contributed by atoms with Gasteiger partial charge in [0.25, 0.3) is 5.91 Å². The lowest BCUT2D eigenvalue weighted by atomic mass is 9.97. The number of tetrazole rings is 1. The van der Waals surface area contributed by atoms with Gasteiger partial charge in [-0.05, 0) is 53.5 Å². The number of carbonyl (C=O) groups is 1. The van der Waals surface area contributed by atoms with Crippen LogP contribution in [-0.4, -0.2) is 35.9 Å². The first-order chi connectivity index (χ1) is 11.7. The largest absolute Gasteiger partial charge is 0.611 e. The molecule has 0 radical (unpaired) electrons. The molecule has 1 aromatic carbocycles. The lowest BCUT2D eigenvalue weighted by molar-refractivity contribution is -0.140. The summed E-state index contributed by atoms with van der Waals surface area (Å²) in [5.41, 5.74) is -0.741. The highest BCUT2D eigenvalue weighted by atomic mass is 32.2. The van der Waals surface area contributed by atoms with E-state index in [0.29, 0.717) is 6.42 Å². The maximum atomic E-state index is 13.3. The van der Waals surface area contributed by atoms with Gasteiger partial charge in [0.2, 0.25) is 5.95 Å². The van der Waals surface area contributed by atoms with Crippen LogP contribution in [0.15, 0.2) is 17.0 Å². The van der Waals surface area contributed by atoms with Crippen molar-refractivity contribution < 1.29 is 22.5 Å². The molecule has 1 aliphatic rings. The SMILES string of the molecule is CC1CCc2c(C(=O)Nc3nnnn3C)ccc(C(F)(F)F)c2[S+]1[O-]. The van der Waals surface area contributed by atoms with Gasteiger partial charge in [-0.3, -0.25) is 10.1 Å². The molecule has 1 aliphatic heterocycles. The van der Waals surface area contributed by atoms with E-state index in [9.17, 15) is 22.5 Å². The Hall–Kier alpha value is -2.14. The second-order valence-corrected chi connectivity index (χ2v) is 7.50. The number of nitrogens with one attached hydrogen (secondary N) is 1. The van der Waals surface area contributed by atoms with Gasteiger partial charge in [0, 0.05) is 18.2 Å². The molecule has 0 fully saturated rings. The third kappa shape index (κ3) is 3.21. The summed E-state index contributed by atoms with van der Waals surface area (Å²) in [7, 11) is 1.51. The van der Waals surface area contributed by atoms with E-state index in [-0.39, 0.29) is 28.4 Å². The van der Waals surface area contributed by atoms with Crippen LogP contribution in [-0.2, 0) is 30.8 Å². The Morgan fingerprint density at radius 1 is 1.44 bits per heavy atom. The van der Waals surface area contributed by atoms with Crippen molar-refractivity contribution in [1.29, 1.82) is 0 Å². The number of halogens is 3. The highest BCUT2D eigenvalue weighted by Gasteiger charge is 2.43. The van der Waals surface area contributed by atoms with Crippen LogP contribution in [0.4, 0.5) is 19.1 Å². The number of hydrogen-bond donors (Lipinski definition) is 1. The molecule has 1 aromatic heterocycles. The summed E-state index contributed by atoms with van der Waals surface area (Å²) in [6.07, 6.45) is -3.96. The third-order valence-electron chi connectivity index (χ3n) is 4.02. The standard InChI is InChI=1S/C14H14F3N5O2S/c1-7-3-4-8-9(12(23)18-13-19-20-21-22(13)2)5-6-10(14(15,16)17)11(8)25(7)24/h5-7H,3-4H2,1-2H3,(H,18,19,21,23). The number of rotatable bonds is 2. The average molecular weight is 373 g/mol. The number of benzene rings is 1. The Kier molecular flexibility index (Phi) is 4.45. The molecule has 7 nitrogen and oxygen atoms in total. The van der Waals surface area contributed by atoms with Gasteiger partial charge in [-0.2, -0.15) is 13.2 Å². The molecule has 0 saturated heterocycles. The van der Waals surface area contributed by atoms with Crippen LogP contribution >= 0.6 is 0 Å². The number of amides is 1. The van der Waals surface area contributed by atoms with Gasteiger partial charge in [0.1, 0.15) is 10.8 Å². The molecule has 0 bridgehead atoms. The van der Waals surface area contributed by atoms with E-state index in [2.05, 4.69) is 20.8 Å². The van der Waals surface area contributed by atoms with E-state index in [1.807, 2.05) is 0 Å². The molecule has 2 unspecified atom stereocenters. The fraction of sp³-hybridized carbons (Fsp3) is 0.429. The van der Waals surface area contributed by atoms with Crippen molar-refractivity contribution in [2.75, 3.05) is 5.32 Å². The van der Waals surface area contributed by atoms with E-state index in [1.165, 1.54) is 11.7 Å². The molecule has 2 atom stereocenters. The van der Waals surface area contributed by atoms with Crippen molar-refractivity contribution in [3.63, 3.8) is 0 Å². The Labute approximate surface area is 143 Å². The summed E-state index contributed by atoms with van der Waals surface area (Å²) in [6, 6.07) is 1.91. The van der Waals surface area contributed by atoms with Gasteiger partial charge in [0.15, 0.2) is 4.90 Å². The quantitative estimate of drug-likeness (QED) is 0.812. The van der Waals surface area contributed by atoms with Crippen LogP contribution in [0.2, 0.25) is 0 Å². The zero-order valence-corrected chi connectivity index (χ0v) is 14.1. The minimum Gasteiger partial charge on any atom is -0.611 e. The molecule has 1 amide bonds. The van der Waals surface area contributed by atoms with Crippen LogP contribution in [0.3, 0.4) is 0 Å². The maximum absolute atomic E-state index is 13.3. The monoisotopic (exact) mass is 373 g/mol. The summed E-state index contributed by atoms with van der Waals surface area (Å²) < 4.78 is 53.6. The highest BCUT2D eigenvalue weighted by molar-refractivity contribution is 7.92. The number of nitrogens with zero attached hydrogens (tertiary/aromatic N) is 4. The fourth-order valence-electron chi connectivity index (χ4n) is 2.70. The number of carbonyl (C=O) groups excluding carboxylic acids is 1. The lowest BCUT2D eigenvalue weighted by Crippen LogP contribution is -2.30. The van der Waals surface area contributed by atoms with E-state index in [0.717, 1.165) is 12.1 Å². The summed E-state index contributed by atoms with van der Waals surface area (Å²) in [4.78, 5) is 12.2. The van der Waals surface area contributed by atoms with Gasteiger partial charge in [-0.15, -0.1) is 0 Å². The number of aromatic nitrogens is 4. The summed E-state index contributed by atoms with van der Waals surface area (Å²) in [5.74, 6) is -0.585. The maximum Gasteiger partial charge on any atom is 0.421 e.